The van der Waals surface area contributed by atoms with Gasteiger partial charge in [0.2, 0.25) is 0 Å². The Kier molecular flexibility index (Phi) is 3.62. The van der Waals surface area contributed by atoms with Crippen LogP contribution in [0.2, 0.25) is 0 Å². The number of benzene rings is 1. The summed E-state index contributed by atoms with van der Waals surface area (Å²) in [7, 11) is 1.48. The van der Waals surface area contributed by atoms with Crippen LogP contribution in [0.15, 0.2) is 12.1 Å². The van der Waals surface area contributed by atoms with Crippen molar-refractivity contribution < 1.29 is 19.7 Å². The van der Waals surface area contributed by atoms with E-state index in [0.29, 0.717) is 28.7 Å². The Balaban J connectivity index is 3.31. The first kappa shape index (κ1) is 10.7. The molecule has 0 radical (unpaired) electrons. The van der Waals surface area contributed by atoms with E-state index in [9.17, 15) is 4.79 Å². The van der Waals surface area contributed by atoms with Crippen molar-refractivity contribution in [2.45, 2.75) is 13.2 Å². The van der Waals surface area contributed by atoms with E-state index in [1.165, 1.54) is 7.11 Å². The molecule has 0 bridgehead atoms. The first-order chi connectivity index (χ1) is 6.76. The molecule has 14 heavy (non-hydrogen) atoms. The van der Waals surface area contributed by atoms with E-state index in [0.717, 1.165) is 0 Å². The van der Waals surface area contributed by atoms with Gasteiger partial charge in [-0.15, -0.1) is 0 Å². The molecule has 0 aromatic heterocycles. The molecule has 0 atom stereocenters. The van der Waals surface area contributed by atoms with Crippen LogP contribution in [-0.2, 0) is 13.2 Å². The van der Waals surface area contributed by atoms with Gasteiger partial charge in [-0.2, -0.15) is 0 Å². The summed E-state index contributed by atoms with van der Waals surface area (Å²) in [5.41, 5.74) is 1.25. The largest absolute Gasteiger partial charge is 0.497 e. The van der Waals surface area contributed by atoms with Crippen LogP contribution in [0.1, 0.15) is 21.5 Å². The number of aldehydes is 1. The van der Waals surface area contributed by atoms with Crippen LogP contribution in [0.5, 0.6) is 5.75 Å². The second-order valence-electron chi connectivity index (χ2n) is 2.79. The normalized spacial score (nSPS) is 9.93. The zero-order valence-corrected chi connectivity index (χ0v) is 7.86. The topological polar surface area (TPSA) is 66.8 Å². The number of aliphatic hydroxyl groups is 2. The number of aliphatic hydroxyl groups excluding tert-OH is 2. The van der Waals surface area contributed by atoms with Crippen molar-refractivity contribution in [3.05, 3.63) is 28.8 Å². The predicted molar refractivity (Wildman–Crippen MR) is 50.2 cm³/mol. The number of carbonyl (C=O) groups is 1. The van der Waals surface area contributed by atoms with Crippen molar-refractivity contribution >= 4 is 6.29 Å². The monoisotopic (exact) mass is 196 g/mol. The second kappa shape index (κ2) is 4.74. The Hall–Kier alpha value is -1.39. The molecule has 4 nitrogen and oxygen atoms in total. The quantitative estimate of drug-likeness (QED) is 0.688. The Morgan fingerprint density at radius 2 is 1.79 bits per heavy atom. The smallest absolute Gasteiger partial charge is 0.150 e. The Bertz CT molecular complexity index is 308. The molecule has 0 heterocycles. The fourth-order valence-corrected chi connectivity index (χ4v) is 1.28. The minimum absolute atomic E-state index is 0.252. The number of rotatable bonds is 4. The molecule has 1 aromatic rings. The summed E-state index contributed by atoms with van der Waals surface area (Å²) in [5.74, 6) is 0.517. The van der Waals surface area contributed by atoms with Gasteiger partial charge in [0.25, 0.3) is 0 Å². The molecule has 2 N–H and O–H groups in total. The number of hydrogen-bond acceptors (Lipinski definition) is 4. The molecule has 76 valence electrons. The van der Waals surface area contributed by atoms with E-state index in [-0.39, 0.29) is 13.2 Å². The molecular weight excluding hydrogens is 184 g/mol. The third kappa shape index (κ3) is 1.92. The number of methoxy groups -OCH3 is 1. The lowest BCUT2D eigenvalue weighted by Gasteiger charge is -2.09. The van der Waals surface area contributed by atoms with Gasteiger partial charge in [0.15, 0.2) is 6.29 Å². The van der Waals surface area contributed by atoms with Crippen molar-refractivity contribution in [1.29, 1.82) is 0 Å². The maximum Gasteiger partial charge on any atom is 0.150 e. The second-order valence-corrected chi connectivity index (χ2v) is 2.79. The van der Waals surface area contributed by atoms with E-state index < -0.39 is 0 Å². The molecule has 0 spiro atoms. The summed E-state index contributed by atoms with van der Waals surface area (Å²) >= 11 is 0. The van der Waals surface area contributed by atoms with Crippen LogP contribution in [0.3, 0.4) is 0 Å². The van der Waals surface area contributed by atoms with Gasteiger partial charge in [0.1, 0.15) is 5.75 Å². The van der Waals surface area contributed by atoms with Crippen molar-refractivity contribution in [1.82, 2.24) is 0 Å². The standard InChI is InChI=1S/C10H12O4/c1-14-9-2-7(4-11)10(6-13)8(3-9)5-12/h2-3,6,11-12H,4-5H2,1H3. The fraction of sp³-hybridized carbons (Fsp3) is 0.300. The molecule has 0 unspecified atom stereocenters. The third-order valence-corrected chi connectivity index (χ3v) is 2.02. The molecule has 0 amide bonds. The van der Waals surface area contributed by atoms with Gasteiger partial charge < -0.3 is 14.9 Å². The van der Waals surface area contributed by atoms with Gasteiger partial charge in [0.05, 0.1) is 20.3 Å². The molecule has 0 saturated heterocycles. The van der Waals surface area contributed by atoms with E-state index in [4.69, 9.17) is 14.9 Å². The summed E-state index contributed by atoms with van der Waals surface area (Å²) in [5, 5.41) is 18.0. The van der Waals surface area contributed by atoms with Crippen LogP contribution < -0.4 is 4.74 Å². The Morgan fingerprint density at radius 3 is 2.07 bits per heavy atom. The highest BCUT2D eigenvalue weighted by Crippen LogP contribution is 2.21. The molecule has 0 aliphatic rings. The summed E-state index contributed by atoms with van der Waals surface area (Å²) < 4.78 is 4.96. The maximum atomic E-state index is 10.7. The van der Waals surface area contributed by atoms with Crippen molar-refractivity contribution in [3.63, 3.8) is 0 Å². The molecule has 0 aliphatic heterocycles. The van der Waals surface area contributed by atoms with E-state index in [1.54, 1.807) is 12.1 Å². The average Bonchev–Trinajstić information content (AvgIpc) is 2.26. The summed E-state index contributed by atoms with van der Waals surface area (Å²) in [6.07, 6.45) is 0.622. The highest BCUT2D eigenvalue weighted by atomic mass is 16.5. The first-order valence-electron chi connectivity index (χ1n) is 4.13. The Morgan fingerprint density at radius 1 is 1.29 bits per heavy atom. The molecule has 1 rings (SSSR count). The zero-order chi connectivity index (χ0) is 10.6. The first-order valence-corrected chi connectivity index (χ1v) is 4.13. The summed E-state index contributed by atoms with van der Waals surface area (Å²) in [4.78, 5) is 10.7. The summed E-state index contributed by atoms with van der Waals surface area (Å²) in [6.45, 7) is -0.503. The lowest BCUT2D eigenvalue weighted by Crippen LogP contribution is -2.00. The lowest BCUT2D eigenvalue weighted by atomic mass is 10.0. The van der Waals surface area contributed by atoms with Crippen LogP contribution in [0, 0.1) is 0 Å². The van der Waals surface area contributed by atoms with Crippen molar-refractivity contribution in [3.8, 4) is 5.75 Å². The predicted octanol–water partition coefficient (Wildman–Crippen LogP) is 0.492. The van der Waals surface area contributed by atoms with Crippen LogP contribution in [0.4, 0.5) is 0 Å². The molecule has 0 saturated carbocycles. The molecule has 0 aliphatic carbocycles. The van der Waals surface area contributed by atoms with Gasteiger partial charge >= 0.3 is 0 Å². The van der Waals surface area contributed by atoms with E-state index in [2.05, 4.69) is 0 Å². The van der Waals surface area contributed by atoms with E-state index in [1.807, 2.05) is 0 Å². The van der Waals surface area contributed by atoms with Crippen LogP contribution >= 0.6 is 0 Å². The van der Waals surface area contributed by atoms with Gasteiger partial charge in [0, 0.05) is 5.56 Å². The molecule has 4 heteroatoms. The minimum atomic E-state index is -0.252. The molecule has 0 fully saturated rings. The average molecular weight is 196 g/mol. The minimum Gasteiger partial charge on any atom is -0.497 e. The third-order valence-electron chi connectivity index (χ3n) is 2.02. The van der Waals surface area contributed by atoms with Gasteiger partial charge in [-0.3, -0.25) is 4.79 Å². The van der Waals surface area contributed by atoms with E-state index >= 15 is 0 Å². The Labute approximate surface area is 81.8 Å². The van der Waals surface area contributed by atoms with Gasteiger partial charge in [-0.1, -0.05) is 0 Å². The number of carbonyl (C=O) groups excluding carboxylic acids is 1. The van der Waals surface area contributed by atoms with Crippen molar-refractivity contribution in [2.24, 2.45) is 0 Å². The maximum absolute atomic E-state index is 10.7. The summed E-state index contributed by atoms with van der Waals surface area (Å²) in [6, 6.07) is 3.14. The number of ether oxygens (including phenoxy) is 1. The number of hydrogen-bond donors (Lipinski definition) is 2. The fourth-order valence-electron chi connectivity index (χ4n) is 1.28. The highest BCUT2D eigenvalue weighted by molar-refractivity contribution is 5.80. The zero-order valence-electron chi connectivity index (χ0n) is 7.86. The molecular formula is C10H12O4. The SMILES string of the molecule is COc1cc(CO)c(C=O)c(CO)c1. The lowest BCUT2D eigenvalue weighted by molar-refractivity contribution is 0.111. The van der Waals surface area contributed by atoms with Gasteiger partial charge in [-0.25, -0.2) is 0 Å². The highest BCUT2D eigenvalue weighted by Gasteiger charge is 2.09. The van der Waals surface area contributed by atoms with Crippen LogP contribution in [0.25, 0.3) is 0 Å². The van der Waals surface area contributed by atoms with Gasteiger partial charge in [-0.05, 0) is 23.3 Å². The van der Waals surface area contributed by atoms with Crippen LogP contribution in [-0.4, -0.2) is 23.6 Å². The van der Waals surface area contributed by atoms with Crippen molar-refractivity contribution in [2.75, 3.05) is 7.11 Å². The molecule has 1 aromatic carbocycles.